The average Bonchev–Trinajstić information content (AvgIpc) is 3.26. The molecule has 0 saturated carbocycles. The molecule has 0 spiro atoms. The molecule has 1 amide bonds. The number of carbonyl (C=O) groups excluding carboxylic acids is 1. The first-order valence-corrected chi connectivity index (χ1v) is 9.50. The van der Waals surface area contributed by atoms with Gasteiger partial charge in [0.15, 0.2) is 0 Å². The van der Waals surface area contributed by atoms with Gasteiger partial charge >= 0.3 is 0 Å². The first-order chi connectivity index (χ1) is 12.6. The van der Waals surface area contributed by atoms with E-state index in [-0.39, 0.29) is 11.9 Å². The highest BCUT2D eigenvalue weighted by Gasteiger charge is 2.19. The molecule has 2 aromatic carbocycles. The lowest BCUT2D eigenvalue weighted by Crippen LogP contribution is -2.34. The Kier molecular flexibility index (Phi) is 4.49. The van der Waals surface area contributed by atoms with Crippen molar-refractivity contribution in [2.75, 3.05) is 20.6 Å². The van der Waals surface area contributed by atoms with E-state index in [1.54, 1.807) is 11.3 Å². The van der Waals surface area contributed by atoms with Crippen molar-refractivity contribution in [3.8, 4) is 0 Å². The summed E-state index contributed by atoms with van der Waals surface area (Å²) in [5.41, 5.74) is 2.83. The summed E-state index contributed by atoms with van der Waals surface area (Å²) in [6.07, 6.45) is 0. The van der Waals surface area contributed by atoms with Gasteiger partial charge in [-0.05, 0) is 48.6 Å². The predicted molar refractivity (Wildman–Crippen MR) is 109 cm³/mol. The van der Waals surface area contributed by atoms with Gasteiger partial charge in [0.1, 0.15) is 5.69 Å². The monoisotopic (exact) mass is 363 g/mol. The minimum atomic E-state index is -0.0763. The van der Waals surface area contributed by atoms with Crippen molar-refractivity contribution in [2.24, 2.45) is 0 Å². The number of rotatable bonds is 5. The second-order valence-electron chi connectivity index (χ2n) is 6.65. The third-order valence-electron chi connectivity index (χ3n) is 4.72. The van der Waals surface area contributed by atoms with Crippen LogP contribution in [0.5, 0.6) is 0 Å². The van der Waals surface area contributed by atoms with Crippen LogP contribution in [0.15, 0.2) is 60.0 Å². The van der Waals surface area contributed by atoms with E-state index in [0.717, 1.165) is 10.9 Å². The van der Waals surface area contributed by atoms with Gasteiger partial charge in [-0.2, -0.15) is 0 Å². The first-order valence-electron chi connectivity index (χ1n) is 8.62. The zero-order chi connectivity index (χ0) is 18.1. The number of benzene rings is 2. The normalized spacial score (nSPS) is 12.7. The quantitative estimate of drug-likeness (QED) is 0.552. The standard InChI is InChI=1S/C21H21N3OS/c1-24(2)19(16-13-26-20-10-6-4-8-15(16)20)12-22-21(25)18-11-14-7-3-5-9-17(14)23-18/h3-11,13,19,23H,12H2,1-2H3,(H,22,25). The van der Waals surface area contributed by atoms with Crippen LogP contribution in [-0.4, -0.2) is 36.4 Å². The van der Waals surface area contributed by atoms with Gasteiger partial charge in [-0.15, -0.1) is 11.3 Å². The number of aromatic nitrogens is 1. The van der Waals surface area contributed by atoms with Crippen LogP contribution in [0, 0.1) is 0 Å². The molecule has 1 unspecified atom stereocenters. The maximum absolute atomic E-state index is 12.6. The molecule has 4 rings (SSSR count). The van der Waals surface area contributed by atoms with E-state index >= 15 is 0 Å². The van der Waals surface area contributed by atoms with E-state index in [4.69, 9.17) is 0 Å². The molecule has 0 bridgehead atoms. The van der Waals surface area contributed by atoms with E-state index in [1.807, 2.05) is 44.4 Å². The number of hydrogen-bond acceptors (Lipinski definition) is 3. The molecule has 4 aromatic rings. The second-order valence-corrected chi connectivity index (χ2v) is 7.56. The van der Waals surface area contributed by atoms with Gasteiger partial charge in [0.2, 0.25) is 0 Å². The van der Waals surface area contributed by atoms with Gasteiger partial charge < -0.3 is 15.2 Å². The SMILES string of the molecule is CN(C)C(CNC(=O)c1cc2ccccc2[nH]1)c1csc2ccccc12. The number of likely N-dealkylation sites (N-methyl/N-ethyl adjacent to an activating group) is 1. The van der Waals surface area contributed by atoms with Crippen molar-refractivity contribution in [2.45, 2.75) is 6.04 Å². The maximum atomic E-state index is 12.6. The lowest BCUT2D eigenvalue weighted by molar-refractivity contribution is 0.0938. The van der Waals surface area contributed by atoms with Crippen molar-refractivity contribution >= 4 is 38.2 Å². The Bertz CT molecular complexity index is 1030. The summed E-state index contributed by atoms with van der Waals surface area (Å²) in [4.78, 5) is 18.0. The van der Waals surface area contributed by atoms with Crippen LogP contribution in [0.2, 0.25) is 0 Å². The van der Waals surface area contributed by atoms with Crippen molar-refractivity contribution in [1.29, 1.82) is 0 Å². The van der Waals surface area contributed by atoms with Crippen molar-refractivity contribution < 1.29 is 4.79 Å². The lowest BCUT2D eigenvalue weighted by Gasteiger charge is -2.24. The molecular weight excluding hydrogens is 342 g/mol. The summed E-state index contributed by atoms with van der Waals surface area (Å²) < 4.78 is 1.27. The molecule has 5 heteroatoms. The highest BCUT2D eigenvalue weighted by Crippen LogP contribution is 2.32. The zero-order valence-corrected chi connectivity index (χ0v) is 15.6. The predicted octanol–water partition coefficient (Wildman–Crippen LogP) is 4.42. The molecule has 2 N–H and O–H groups in total. The number of aromatic amines is 1. The summed E-state index contributed by atoms with van der Waals surface area (Å²) in [5.74, 6) is -0.0763. The fourth-order valence-corrected chi connectivity index (χ4v) is 4.32. The highest BCUT2D eigenvalue weighted by atomic mass is 32.1. The van der Waals surface area contributed by atoms with Crippen LogP contribution in [0.25, 0.3) is 21.0 Å². The number of nitrogens with zero attached hydrogens (tertiary/aromatic N) is 1. The molecule has 0 saturated heterocycles. The summed E-state index contributed by atoms with van der Waals surface area (Å²) in [7, 11) is 4.10. The van der Waals surface area contributed by atoms with E-state index in [1.165, 1.54) is 15.6 Å². The molecule has 26 heavy (non-hydrogen) atoms. The minimum Gasteiger partial charge on any atom is -0.351 e. The lowest BCUT2D eigenvalue weighted by atomic mass is 10.0. The fraction of sp³-hybridized carbons (Fsp3) is 0.190. The summed E-state index contributed by atoms with van der Waals surface area (Å²) in [6.45, 7) is 0.557. The van der Waals surface area contributed by atoms with Crippen molar-refractivity contribution in [3.05, 3.63) is 71.2 Å². The first kappa shape index (κ1) is 16.8. The van der Waals surface area contributed by atoms with Crippen LogP contribution in [0.4, 0.5) is 0 Å². The van der Waals surface area contributed by atoms with E-state index in [2.05, 4.69) is 44.8 Å². The number of hydrogen-bond donors (Lipinski definition) is 2. The Morgan fingerprint density at radius 1 is 1.15 bits per heavy atom. The minimum absolute atomic E-state index is 0.0763. The number of amides is 1. The third kappa shape index (κ3) is 3.11. The largest absolute Gasteiger partial charge is 0.351 e. The van der Waals surface area contributed by atoms with Gasteiger partial charge in [0.05, 0.1) is 6.04 Å². The molecule has 132 valence electrons. The number of thiophene rings is 1. The fourth-order valence-electron chi connectivity index (χ4n) is 3.31. The van der Waals surface area contributed by atoms with E-state index in [0.29, 0.717) is 12.2 Å². The summed E-state index contributed by atoms with van der Waals surface area (Å²) >= 11 is 1.75. The molecule has 2 heterocycles. The van der Waals surface area contributed by atoms with Crippen LogP contribution in [-0.2, 0) is 0 Å². The number of carbonyl (C=O) groups is 1. The Labute approximate surface area is 156 Å². The molecule has 1 atom stereocenters. The number of fused-ring (bicyclic) bond motifs is 2. The van der Waals surface area contributed by atoms with Gasteiger partial charge in [0, 0.05) is 22.1 Å². The zero-order valence-electron chi connectivity index (χ0n) is 14.8. The van der Waals surface area contributed by atoms with Crippen molar-refractivity contribution in [1.82, 2.24) is 15.2 Å². The second kappa shape index (κ2) is 6.94. The van der Waals surface area contributed by atoms with Crippen LogP contribution in [0.3, 0.4) is 0 Å². The molecule has 4 nitrogen and oxygen atoms in total. The Balaban J connectivity index is 1.54. The smallest absolute Gasteiger partial charge is 0.267 e. The van der Waals surface area contributed by atoms with Gasteiger partial charge in [0.25, 0.3) is 5.91 Å². The summed E-state index contributed by atoms with van der Waals surface area (Å²) in [6, 6.07) is 18.4. The molecule has 0 fully saturated rings. The number of nitrogens with one attached hydrogen (secondary N) is 2. The van der Waals surface area contributed by atoms with Crippen LogP contribution in [0.1, 0.15) is 22.1 Å². The van der Waals surface area contributed by atoms with E-state index in [9.17, 15) is 4.79 Å². The molecule has 0 aliphatic heterocycles. The molecular formula is C21H21N3OS. The maximum Gasteiger partial charge on any atom is 0.267 e. The van der Waals surface area contributed by atoms with Gasteiger partial charge in [-0.3, -0.25) is 4.79 Å². The Morgan fingerprint density at radius 3 is 2.73 bits per heavy atom. The molecule has 0 aliphatic carbocycles. The highest BCUT2D eigenvalue weighted by molar-refractivity contribution is 7.17. The van der Waals surface area contributed by atoms with Crippen molar-refractivity contribution in [3.63, 3.8) is 0 Å². The van der Waals surface area contributed by atoms with Gasteiger partial charge in [-0.1, -0.05) is 36.4 Å². The Hall–Kier alpha value is -2.63. The Morgan fingerprint density at radius 2 is 1.92 bits per heavy atom. The van der Waals surface area contributed by atoms with Crippen LogP contribution < -0.4 is 5.32 Å². The number of para-hydroxylation sites is 1. The summed E-state index contributed by atoms with van der Waals surface area (Å²) in [5, 5.41) is 7.59. The molecule has 2 aromatic heterocycles. The topological polar surface area (TPSA) is 48.1 Å². The van der Waals surface area contributed by atoms with E-state index < -0.39 is 0 Å². The third-order valence-corrected chi connectivity index (χ3v) is 5.71. The average molecular weight is 363 g/mol. The van der Waals surface area contributed by atoms with Crippen LogP contribution >= 0.6 is 11.3 Å². The molecule has 0 radical (unpaired) electrons. The number of H-pyrrole nitrogens is 1. The van der Waals surface area contributed by atoms with Gasteiger partial charge in [-0.25, -0.2) is 0 Å². The molecule has 0 aliphatic rings.